The number of hydrogen-bond donors (Lipinski definition) is 2. The Morgan fingerprint density at radius 2 is 1.88 bits per heavy atom. The number of carbonyl (C=O) groups is 1. The van der Waals surface area contributed by atoms with Gasteiger partial charge < -0.3 is 10.4 Å². The van der Waals surface area contributed by atoms with Gasteiger partial charge in [0.1, 0.15) is 0 Å². The fourth-order valence-corrected chi connectivity index (χ4v) is 4.06. The van der Waals surface area contributed by atoms with Crippen LogP contribution in [0.4, 0.5) is 18.9 Å². The lowest BCUT2D eigenvalue weighted by Crippen LogP contribution is -2.31. The molecule has 4 rings (SSSR count). The van der Waals surface area contributed by atoms with Gasteiger partial charge in [0.25, 0.3) is 0 Å². The summed E-state index contributed by atoms with van der Waals surface area (Å²) in [5, 5.41) is 12.4. The lowest BCUT2D eigenvalue weighted by atomic mass is 9.75. The van der Waals surface area contributed by atoms with E-state index in [-0.39, 0.29) is 23.0 Å². The maximum Gasteiger partial charge on any atom is 0.416 e. The van der Waals surface area contributed by atoms with E-state index < -0.39 is 23.8 Å². The summed E-state index contributed by atoms with van der Waals surface area (Å²) in [5.41, 5.74) is 1.29. The third-order valence-electron chi connectivity index (χ3n) is 5.21. The minimum Gasteiger partial charge on any atom is -0.478 e. The second-order valence-corrected chi connectivity index (χ2v) is 6.67. The van der Waals surface area contributed by atoms with Gasteiger partial charge in [-0.3, -0.25) is 0 Å². The highest BCUT2D eigenvalue weighted by Crippen LogP contribution is 2.51. The lowest BCUT2D eigenvalue weighted by Gasteiger charge is -2.38. The van der Waals surface area contributed by atoms with Crippen molar-refractivity contribution < 1.29 is 23.1 Å². The summed E-state index contributed by atoms with van der Waals surface area (Å²) in [6, 6.07) is 9.88. The normalized spacial score (nSPS) is 23.9. The van der Waals surface area contributed by atoms with E-state index in [1.165, 1.54) is 18.2 Å². The number of benzene rings is 2. The Kier molecular flexibility index (Phi) is 3.79. The first kappa shape index (κ1) is 16.7. The number of aromatic carboxylic acids is 1. The van der Waals surface area contributed by atoms with E-state index >= 15 is 0 Å². The number of hydrogen-bond acceptors (Lipinski definition) is 2. The second-order valence-electron chi connectivity index (χ2n) is 6.67. The highest BCUT2D eigenvalue weighted by Gasteiger charge is 2.42. The molecule has 2 aliphatic rings. The summed E-state index contributed by atoms with van der Waals surface area (Å²) >= 11 is 0. The molecule has 0 saturated carbocycles. The van der Waals surface area contributed by atoms with E-state index in [2.05, 4.69) is 5.32 Å². The first-order valence-corrected chi connectivity index (χ1v) is 8.33. The summed E-state index contributed by atoms with van der Waals surface area (Å²) in [5.74, 6) is -1.21. The number of nitrogens with one attached hydrogen (secondary N) is 1. The van der Waals surface area contributed by atoms with Crippen LogP contribution >= 0.6 is 0 Å². The van der Waals surface area contributed by atoms with Crippen molar-refractivity contribution in [2.45, 2.75) is 24.6 Å². The topological polar surface area (TPSA) is 49.3 Å². The van der Waals surface area contributed by atoms with E-state index in [9.17, 15) is 23.1 Å². The molecule has 0 amide bonds. The molecule has 1 heterocycles. The Morgan fingerprint density at radius 1 is 1.12 bits per heavy atom. The van der Waals surface area contributed by atoms with Crippen LogP contribution in [0.5, 0.6) is 0 Å². The van der Waals surface area contributed by atoms with Crippen LogP contribution in [0.15, 0.2) is 54.6 Å². The van der Waals surface area contributed by atoms with E-state index in [0.29, 0.717) is 12.1 Å². The van der Waals surface area contributed by atoms with Gasteiger partial charge in [0.05, 0.1) is 17.2 Å². The molecular weight excluding hydrogens is 343 g/mol. The zero-order valence-electron chi connectivity index (χ0n) is 13.6. The average molecular weight is 359 g/mol. The van der Waals surface area contributed by atoms with Gasteiger partial charge >= 0.3 is 12.1 Å². The molecule has 0 unspecified atom stereocenters. The number of fused-ring (bicyclic) bond motifs is 3. The second kappa shape index (κ2) is 5.90. The molecular formula is C20H16F3NO2. The summed E-state index contributed by atoms with van der Waals surface area (Å²) in [6.45, 7) is 0. The van der Waals surface area contributed by atoms with Crippen molar-refractivity contribution in [1.29, 1.82) is 0 Å². The van der Waals surface area contributed by atoms with Gasteiger partial charge in [-0.2, -0.15) is 13.2 Å². The van der Waals surface area contributed by atoms with Gasteiger partial charge in [0, 0.05) is 11.6 Å². The summed E-state index contributed by atoms with van der Waals surface area (Å²) < 4.78 is 40.4. The van der Waals surface area contributed by atoms with Gasteiger partial charge in [0.15, 0.2) is 0 Å². The Morgan fingerprint density at radius 3 is 2.62 bits per heavy atom. The zero-order valence-corrected chi connectivity index (χ0v) is 13.6. The first-order chi connectivity index (χ1) is 12.4. The molecule has 0 radical (unpaired) electrons. The largest absolute Gasteiger partial charge is 0.478 e. The van der Waals surface area contributed by atoms with Crippen molar-refractivity contribution in [1.82, 2.24) is 0 Å². The SMILES string of the molecule is O=C(O)c1ccc2c(c1)[C@H]1C=CC[C@H]1[C@H](c1ccccc1C(F)(F)F)N2. The molecule has 2 aromatic rings. The molecule has 0 bridgehead atoms. The van der Waals surface area contributed by atoms with Crippen molar-refractivity contribution in [2.75, 3.05) is 5.32 Å². The van der Waals surface area contributed by atoms with Crippen LogP contribution in [0.2, 0.25) is 0 Å². The molecule has 1 aliphatic heterocycles. The van der Waals surface area contributed by atoms with E-state index in [4.69, 9.17) is 0 Å². The van der Waals surface area contributed by atoms with Crippen molar-refractivity contribution in [3.05, 3.63) is 76.9 Å². The van der Waals surface area contributed by atoms with Crippen molar-refractivity contribution in [2.24, 2.45) is 5.92 Å². The Hall–Kier alpha value is -2.76. The molecule has 26 heavy (non-hydrogen) atoms. The number of carboxylic acid groups (broad SMARTS) is 1. The molecule has 3 nitrogen and oxygen atoms in total. The molecule has 0 aromatic heterocycles. The molecule has 0 saturated heterocycles. The van der Waals surface area contributed by atoms with E-state index in [1.54, 1.807) is 18.2 Å². The predicted molar refractivity (Wildman–Crippen MR) is 91.2 cm³/mol. The van der Waals surface area contributed by atoms with Gasteiger partial charge in [-0.1, -0.05) is 30.4 Å². The molecule has 0 spiro atoms. The summed E-state index contributed by atoms with van der Waals surface area (Å²) in [4.78, 5) is 11.3. The van der Waals surface area contributed by atoms with Crippen LogP contribution in [0, 0.1) is 5.92 Å². The van der Waals surface area contributed by atoms with Crippen LogP contribution < -0.4 is 5.32 Å². The highest BCUT2D eigenvalue weighted by molar-refractivity contribution is 5.89. The number of halogens is 3. The molecule has 3 atom stereocenters. The number of rotatable bonds is 2. The third kappa shape index (κ3) is 2.66. The number of allylic oxidation sites excluding steroid dienone is 2. The lowest BCUT2D eigenvalue weighted by molar-refractivity contribution is -0.138. The summed E-state index contributed by atoms with van der Waals surface area (Å²) in [6.07, 6.45) is 0.153. The maximum absolute atomic E-state index is 13.5. The van der Waals surface area contributed by atoms with Crippen molar-refractivity contribution in [3.8, 4) is 0 Å². The highest BCUT2D eigenvalue weighted by atomic mass is 19.4. The fourth-order valence-electron chi connectivity index (χ4n) is 4.06. The van der Waals surface area contributed by atoms with Crippen LogP contribution in [0.25, 0.3) is 0 Å². The minimum atomic E-state index is -4.42. The van der Waals surface area contributed by atoms with E-state index in [0.717, 1.165) is 11.6 Å². The molecule has 1 aliphatic carbocycles. The number of carboxylic acids is 1. The molecule has 2 aromatic carbocycles. The van der Waals surface area contributed by atoms with Crippen molar-refractivity contribution in [3.63, 3.8) is 0 Å². The Balaban J connectivity index is 1.81. The van der Waals surface area contributed by atoms with Gasteiger partial charge in [-0.25, -0.2) is 4.79 Å². The van der Waals surface area contributed by atoms with Crippen molar-refractivity contribution >= 4 is 11.7 Å². The van der Waals surface area contributed by atoms with Crippen LogP contribution in [0.3, 0.4) is 0 Å². The fraction of sp³-hybridized carbons (Fsp3) is 0.250. The van der Waals surface area contributed by atoms with Crippen LogP contribution in [-0.4, -0.2) is 11.1 Å². The predicted octanol–water partition coefficient (Wildman–Crippen LogP) is 5.23. The number of anilines is 1. The maximum atomic E-state index is 13.5. The van der Waals surface area contributed by atoms with Crippen LogP contribution in [0.1, 0.15) is 45.4 Å². The Labute approximate surface area is 148 Å². The monoisotopic (exact) mass is 359 g/mol. The first-order valence-electron chi connectivity index (χ1n) is 8.33. The van der Waals surface area contributed by atoms with Crippen LogP contribution in [-0.2, 0) is 6.18 Å². The Bertz CT molecular complexity index is 904. The van der Waals surface area contributed by atoms with Gasteiger partial charge in [-0.15, -0.1) is 0 Å². The number of alkyl halides is 3. The molecule has 0 fully saturated rings. The van der Waals surface area contributed by atoms with E-state index in [1.807, 2.05) is 12.2 Å². The quantitative estimate of drug-likeness (QED) is 0.722. The van der Waals surface area contributed by atoms with Gasteiger partial charge in [-0.05, 0) is 47.7 Å². The zero-order chi connectivity index (χ0) is 18.5. The molecule has 2 N–H and O–H groups in total. The average Bonchev–Trinajstić information content (AvgIpc) is 3.10. The molecule has 134 valence electrons. The smallest absolute Gasteiger partial charge is 0.416 e. The molecule has 6 heteroatoms. The summed E-state index contributed by atoms with van der Waals surface area (Å²) in [7, 11) is 0. The standard InChI is InChI=1S/C20H16F3NO2/c21-20(22,23)16-7-2-1-4-14(16)18-13-6-3-5-12(13)15-10-11(19(25)26)8-9-17(15)24-18/h1-5,7-10,12-13,18,24H,6H2,(H,25,26)/t12-,13+,18+/m0/s1. The minimum absolute atomic E-state index is 0.0879. The van der Waals surface area contributed by atoms with Gasteiger partial charge in [0.2, 0.25) is 0 Å². The third-order valence-corrected chi connectivity index (χ3v) is 5.21.